The Balaban J connectivity index is 1.75. The number of nitrogens with zero attached hydrogens (tertiary/aromatic N) is 4. The molecule has 0 aliphatic carbocycles. The van der Waals surface area contributed by atoms with Crippen LogP contribution < -0.4 is 20.4 Å². The van der Waals surface area contributed by atoms with E-state index in [-0.39, 0.29) is 46.9 Å². The summed E-state index contributed by atoms with van der Waals surface area (Å²) in [5.74, 6) is 5.82. The van der Waals surface area contributed by atoms with Crippen molar-refractivity contribution >= 4 is 47.3 Å². The van der Waals surface area contributed by atoms with E-state index in [9.17, 15) is 26.9 Å². The van der Waals surface area contributed by atoms with Crippen molar-refractivity contribution in [2.24, 2.45) is 0 Å². The van der Waals surface area contributed by atoms with E-state index in [0.717, 1.165) is 4.90 Å². The highest BCUT2D eigenvalue weighted by Gasteiger charge is 2.33. The summed E-state index contributed by atoms with van der Waals surface area (Å²) in [5.41, 5.74) is -4.07. The molecule has 15 heteroatoms. The Morgan fingerprint density at radius 1 is 1.26 bits per heavy atom. The molecule has 0 unspecified atom stereocenters. The summed E-state index contributed by atoms with van der Waals surface area (Å²) < 4.78 is 81.1. The van der Waals surface area contributed by atoms with Crippen LogP contribution in [0.5, 0.6) is 5.75 Å². The van der Waals surface area contributed by atoms with Gasteiger partial charge in [-0.05, 0) is 65.8 Å². The maximum atomic E-state index is 14.8. The molecule has 3 aromatic heterocycles. The van der Waals surface area contributed by atoms with Crippen molar-refractivity contribution in [2.75, 3.05) is 57.3 Å². The normalized spacial score (nSPS) is 17.7. The number of hydrogen-bond acceptors (Lipinski definition) is 8. The highest BCUT2D eigenvalue weighted by molar-refractivity contribution is 8.00. The Labute approximate surface area is 270 Å². The number of piperidine rings is 1. The van der Waals surface area contributed by atoms with E-state index >= 15 is 0 Å². The van der Waals surface area contributed by atoms with Crippen molar-refractivity contribution in [3.8, 4) is 17.6 Å². The number of hydrogen-bond donors (Lipinski definition) is 1. The van der Waals surface area contributed by atoms with E-state index in [1.807, 2.05) is 11.9 Å². The van der Waals surface area contributed by atoms with Gasteiger partial charge in [-0.15, -0.1) is 0 Å². The summed E-state index contributed by atoms with van der Waals surface area (Å²) in [7, 11) is 0.453. The van der Waals surface area contributed by atoms with E-state index in [1.54, 1.807) is 46.2 Å². The monoisotopic (exact) mass is 683 g/mol. The molecule has 1 aliphatic rings. The first kappa shape index (κ1) is 35.5. The number of amides is 1. The van der Waals surface area contributed by atoms with Gasteiger partial charge in [0, 0.05) is 37.1 Å². The standard InChI is InChI=1S/C31H38F4N5O4PS/c1-30(2,3)44-29(41)40(25-18-36-27(45(6,7)42)17-26(25)43-5)14-8-10-20-16-24-23(37-22-12-15-38(4)19-21(22)32)11-9-13-39(24)28(20)46-31(33,34)35/h9,11,13,16-18,21-22,37H,12,14-15,19H2,1-7H3/t21-,22+/m0/s1. The van der Waals surface area contributed by atoms with Crippen LogP contribution in [0.4, 0.5) is 33.7 Å². The highest BCUT2D eigenvalue weighted by atomic mass is 32.2. The second-order valence-corrected chi connectivity index (χ2v) is 16.6. The van der Waals surface area contributed by atoms with E-state index in [4.69, 9.17) is 9.47 Å². The van der Waals surface area contributed by atoms with Gasteiger partial charge >= 0.3 is 11.6 Å². The number of halogens is 4. The van der Waals surface area contributed by atoms with Crippen molar-refractivity contribution in [3.05, 3.63) is 42.2 Å². The van der Waals surface area contributed by atoms with Gasteiger partial charge in [-0.25, -0.2) is 9.18 Å². The van der Waals surface area contributed by atoms with Gasteiger partial charge in [0.15, 0.2) is 0 Å². The fourth-order valence-corrected chi connectivity index (χ4v) is 6.34. The number of alkyl halides is 4. The van der Waals surface area contributed by atoms with E-state index < -0.39 is 36.6 Å². The summed E-state index contributed by atoms with van der Waals surface area (Å²) in [6, 6.07) is 5.77. The van der Waals surface area contributed by atoms with Crippen molar-refractivity contribution in [2.45, 2.75) is 55.5 Å². The van der Waals surface area contributed by atoms with Crippen LogP contribution in [0.15, 0.2) is 41.7 Å². The van der Waals surface area contributed by atoms with Crippen molar-refractivity contribution in [1.29, 1.82) is 0 Å². The molecule has 0 spiro atoms. The summed E-state index contributed by atoms with van der Waals surface area (Å²) in [5, 5.41) is 3.01. The topological polar surface area (TPSA) is 88.4 Å². The molecule has 1 N–H and O–H groups in total. The third kappa shape index (κ3) is 8.90. The van der Waals surface area contributed by atoms with Gasteiger partial charge in [-0.2, -0.15) is 13.2 Å². The minimum atomic E-state index is -4.62. The number of anilines is 2. The maximum absolute atomic E-state index is 14.8. The van der Waals surface area contributed by atoms with Crippen LogP contribution in [-0.4, -0.2) is 90.8 Å². The average Bonchev–Trinajstić information content (AvgIpc) is 3.27. The van der Waals surface area contributed by atoms with Crippen molar-refractivity contribution in [3.63, 3.8) is 0 Å². The minimum Gasteiger partial charge on any atom is -0.494 e. The Morgan fingerprint density at radius 3 is 2.59 bits per heavy atom. The first-order valence-electron chi connectivity index (χ1n) is 14.4. The smallest absolute Gasteiger partial charge is 0.447 e. The number of nitrogens with one attached hydrogen (secondary N) is 1. The lowest BCUT2D eigenvalue weighted by Crippen LogP contribution is -2.46. The average molecular weight is 684 g/mol. The van der Waals surface area contributed by atoms with Gasteiger partial charge in [0.2, 0.25) is 0 Å². The minimum absolute atomic E-state index is 0.0687. The first-order valence-corrected chi connectivity index (χ1v) is 17.9. The number of rotatable bonds is 7. The molecule has 0 radical (unpaired) electrons. The van der Waals surface area contributed by atoms with Gasteiger partial charge < -0.3 is 28.7 Å². The Morgan fingerprint density at radius 2 is 1.98 bits per heavy atom. The lowest BCUT2D eigenvalue weighted by atomic mass is 10.0. The lowest BCUT2D eigenvalue weighted by molar-refractivity contribution is -0.0330. The molecule has 250 valence electrons. The van der Waals surface area contributed by atoms with Crippen molar-refractivity contribution < 1.29 is 36.4 Å². The number of carbonyl (C=O) groups is 1. The van der Waals surface area contributed by atoms with Crippen LogP contribution in [0.2, 0.25) is 0 Å². The SMILES string of the molecule is COc1cc(P(C)(C)=O)ncc1N(CC#Cc1cc2c(N[C@@H]3CCN(C)C[C@@H]3F)cccn2c1SC(F)(F)F)C(=O)OC(C)(C)C. The number of aromatic nitrogens is 2. The lowest BCUT2D eigenvalue weighted by Gasteiger charge is -2.33. The highest BCUT2D eigenvalue weighted by Crippen LogP contribution is 2.41. The molecule has 3 aromatic rings. The molecular formula is C31H38F4N5O4PS. The van der Waals surface area contributed by atoms with Crippen LogP contribution in [-0.2, 0) is 9.30 Å². The van der Waals surface area contributed by atoms with Crippen LogP contribution >= 0.6 is 18.9 Å². The Hall–Kier alpha value is -3.40. The van der Waals surface area contributed by atoms with Gasteiger partial charge in [0.05, 0.1) is 42.7 Å². The molecule has 2 atom stereocenters. The number of fused-ring (bicyclic) bond motifs is 1. The first-order chi connectivity index (χ1) is 21.4. The summed E-state index contributed by atoms with van der Waals surface area (Å²) in [6.45, 7) is 8.80. The molecular weight excluding hydrogens is 645 g/mol. The van der Waals surface area contributed by atoms with E-state index in [1.165, 1.54) is 36.0 Å². The molecule has 1 saturated heterocycles. The number of carbonyl (C=O) groups excluding carboxylic acids is 1. The maximum Gasteiger partial charge on any atom is 0.447 e. The summed E-state index contributed by atoms with van der Waals surface area (Å²) >= 11 is -0.311. The van der Waals surface area contributed by atoms with Gasteiger partial charge in [0.25, 0.3) is 0 Å². The molecule has 1 amide bonds. The van der Waals surface area contributed by atoms with E-state index in [0.29, 0.717) is 29.6 Å². The molecule has 46 heavy (non-hydrogen) atoms. The van der Waals surface area contributed by atoms with Gasteiger partial charge in [0.1, 0.15) is 40.8 Å². The van der Waals surface area contributed by atoms with E-state index in [2.05, 4.69) is 22.1 Å². The number of pyridine rings is 2. The Bertz CT molecular complexity index is 1690. The molecule has 4 heterocycles. The number of ether oxygens (including phenoxy) is 2. The number of thioether (sulfide) groups is 1. The second kappa shape index (κ2) is 13.8. The van der Waals surface area contributed by atoms with Crippen LogP contribution in [0.1, 0.15) is 32.8 Å². The number of likely N-dealkylation sites (tertiary alicyclic amines) is 1. The third-order valence-corrected chi connectivity index (χ3v) is 9.22. The van der Waals surface area contributed by atoms with Gasteiger partial charge in [-0.3, -0.25) is 9.88 Å². The summed E-state index contributed by atoms with van der Waals surface area (Å²) in [4.78, 5) is 20.6. The fourth-order valence-electron chi connectivity index (χ4n) is 4.88. The predicted octanol–water partition coefficient (Wildman–Crippen LogP) is 6.45. The predicted molar refractivity (Wildman–Crippen MR) is 174 cm³/mol. The molecule has 0 bridgehead atoms. The van der Waals surface area contributed by atoms with Crippen molar-refractivity contribution in [1.82, 2.24) is 14.3 Å². The molecule has 0 saturated carbocycles. The fraction of sp³-hybridized carbons (Fsp3) is 0.484. The molecule has 4 rings (SSSR count). The zero-order chi connectivity index (χ0) is 34.0. The quantitative estimate of drug-likeness (QED) is 0.132. The molecule has 9 nitrogen and oxygen atoms in total. The largest absolute Gasteiger partial charge is 0.494 e. The number of methoxy groups -OCH3 is 1. The van der Waals surface area contributed by atoms with Crippen LogP contribution in [0.3, 0.4) is 0 Å². The van der Waals surface area contributed by atoms with Crippen LogP contribution in [0, 0.1) is 11.8 Å². The van der Waals surface area contributed by atoms with Gasteiger partial charge in [-0.1, -0.05) is 11.8 Å². The van der Waals surface area contributed by atoms with Crippen LogP contribution in [0.25, 0.3) is 5.52 Å². The molecule has 1 fully saturated rings. The summed E-state index contributed by atoms with van der Waals surface area (Å²) in [6.07, 6.45) is 1.41. The third-order valence-electron chi connectivity index (χ3n) is 7.03. The molecule has 0 aromatic carbocycles. The zero-order valence-electron chi connectivity index (χ0n) is 26.7. The molecule has 1 aliphatic heterocycles. The second-order valence-electron chi connectivity index (χ2n) is 12.3. The Kier molecular flexibility index (Phi) is 10.6. The zero-order valence-corrected chi connectivity index (χ0v) is 28.4.